The van der Waals surface area contributed by atoms with Crippen LogP contribution in [0.15, 0.2) is 39.8 Å². The largest absolute Gasteiger partial charge is 0.379 e. The predicted molar refractivity (Wildman–Crippen MR) is 90.1 cm³/mol. The number of Topliss-reactive ketones (excluding diaryl/α,β-unsaturated/α-hetero) is 1. The molecule has 1 saturated heterocycles. The van der Waals surface area contributed by atoms with E-state index in [0.717, 1.165) is 0 Å². The lowest BCUT2D eigenvalue weighted by atomic mass is 10.1. The second-order valence-electron chi connectivity index (χ2n) is 5.64. The van der Waals surface area contributed by atoms with Gasteiger partial charge in [0.2, 0.25) is 10.0 Å². The predicted octanol–water partition coefficient (Wildman–Crippen LogP) is 1.30. The van der Waals surface area contributed by atoms with Crippen LogP contribution in [-0.4, -0.2) is 56.5 Å². The minimum Gasteiger partial charge on any atom is -0.379 e. The van der Waals surface area contributed by atoms with Gasteiger partial charge in [0.25, 0.3) is 0 Å². The number of aryl methyl sites for hydroxylation is 1. The molecule has 0 radical (unpaired) electrons. The topological polar surface area (TPSA) is 102 Å². The Labute approximate surface area is 145 Å². The van der Waals surface area contributed by atoms with Crippen LogP contribution < -0.4 is 5.32 Å². The van der Waals surface area contributed by atoms with Crippen LogP contribution in [0.4, 0.5) is 5.82 Å². The van der Waals surface area contributed by atoms with E-state index in [1.807, 2.05) is 0 Å². The molecule has 25 heavy (non-hydrogen) atoms. The quantitative estimate of drug-likeness (QED) is 0.770. The van der Waals surface area contributed by atoms with Gasteiger partial charge in [-0.15, -0.1) is 0 Å². The van der Waals surface area contributed by atoms with Crippen molar-refractivity contribution in [2.24, 2.45) is 0 Å². The zero-order chi connectivity index (χ0) is 17.9. The molecular weight excluding hydrogens is 346 g/mol. The van der Waals surface area contributed by atoms with Gasteiger partial charge < -0.3 is 14.6 Å². The zero-order valence-electron chi connectivity index (χ0n) is 13.8. The lowest BCUT2D eigenvalue weighted by Crippen LogP contribution is -2.40. The Morgan fingerprint density at radius 3 is 2.52 bits per heavy atom. The van der Waals surface area contributed by atoms with Crippen LogP contribution in [0.1, 0.15) is 16.1 Å². The monoisotopic (exact) mass is 365 g/mol. The average Bonchev–Trinajstić information content (AvgIpc) is 3.06. The third-order valence-corrected chi connectivity index (χ3v) is 5.76. The smallest absolute Gasteiger partial charge is 0.243 e. The third kappa shape index (κ3) is 4.06. The van der Waals surface area contributed by atoms with Crippen LogP contribution in [0.25, 0.3) is 0 Å². The number of nitrogens with zero attached hydrogens (tertiary/aromatic N) is 2. The molecule has 1 aliphatic heterocycles. The molecule has 0 unspecified atom stereocenters. The van der Waals surface area contributed by atoms with Crippen molar-refractivity contribution >= 4 is 21.6 Å². The number of carbonyl (C=O) groups is 1. The number of benzene rings is 1. The molecule has 134 valence electrons. The molecule has 1 aromatic carbocycles. The molecule has 2 aromatic rings. The number of nitrogens with one attached hydrogen (secondary N) is 1. The summed E-state index contributed by atoms with van der Waals surface area (Å²) in [6.45, 7) is 3.26. The van der Waals surface area contributed by atoms with Crippen molar-refractivity contribution in [3.63, 3.8) is 0 Å². The van der Waals surface area contributed by atoms with Crippen LogP contribution in [-0.2, 0) is 14.8 Å². The van der Waals surface area contributed by atoms with Crippen LogP contribution in [0.5, 0.6) is 0 Å². The van der Waals surface area contributed by atoms with Crippen molar-refractivity contribution in [1.29, 1.82) is 0 Å². The summed E-state index contributed by atoms with van der Waals surface area (Å²) in [5.41, 5.74) is 0.425. The highest BCUT2D eigenvalue weighted by Gasteiger charge is 2.26. The van der Waals surface area contributed by atoms with E-state index < -0.39 is 10.0 Å². The number of anilines is 1. The highest BCUT2D eigenvalue weighted by atomic mass is 32.2. The maximum absolute atomic E-state index is 12.5. The van der Waals surface area contributed by atoms with Crippen molar-refractivity contribution in [3.8, 4) is 0 Å². The van der Waals surface area contributed by atoms with E-state index in [1.165, 1.54) is 28.6 Å². The molecule has 8 nitrogen and oxygen atoms in total. The average molecular weight is 365 g/mol. The van der Waals surface area contributed by atoms with Crippen LogP contribution in [0, 0.1) is 6.92 Å². The summed E-state index contributed by atoms with van der Waals surface area (Å²) in [6.07, 6.45) is 0. The molecule has 9 heteroatoms. The Morgan fingerprint density at radius 2 is 1.92 bits per heavy atom. The fraction of sp³-hybridized carbons (Fsp3) is 0.375. The molecule has 0 spiro atoms. The summed E-state index contributed by atoms with van der Waals surface area (Å²) in [4.78, 5) is 12.4. The maximum atomic E-state index is 12.5. The Morgan fingerprint density at radius 1 is 1.24 bits per heavy atom. The molecule has 0 amide bonds. The summed E-state index contributed by atoms with van der Waals surface area (Å²) in [5.74, 6) is 0.959. The van der Waals surface area contributed by atoms with Crippen molar-refractivity contribution < 1.29 is 22.5 Å². The van der Waals surface area contributed by atoms with Gasteiger partial charge in [-0.25, -0.2) is 8.42 Å². The Bertz CT molecular complexity index is 839. The molecule has 1 aliphatic rings. The first-order chi connectivity index (χ1) is 12.0. The van der Waals surface area contributed by atoms with E-state index in [1.54, 1.807) is 13.0 Å². The van der Waals surface area contributed by atoms with Gasteiger partial charge in [-0.05, 0) is 31.2 Å². The zero-order valence-corrected chi connectivity index (χ0v) is 14.6. The molecular formula is C16H19N3O5S. The van der Waals surface area contributed by atoms with Gasteiger partial charge in [-0.3, -0.25) is 4.79 Å². The second kappa shape index (κ2) is 7.34. The minimum atomic E-state index is -3.55. The molecule has 1 fully saturated rings. The van der Waals surface area contributed by atoms with Gasteiger partial charge >= 0.3 is 0 Å². The van der Waals surface area contributed by atoms with Crippen molar-refractivity contribution in [2.45, 2.75) is 11.8 Å². The van der Waals surface area contributed by atoms with Crippen LogP contribution in [0.3, 0.4) is 0 Å². The summed E-state index contributed by atoms with van der Waals surface area (Å²) >= 11 is 0. The van der Waals surface area contributed by atoms with Gasteiger partial charge in [-0.2, -0.15) is 4.31 Å². The highest BCUT2D eigenvalue weighted by molar-refractivity contribution is 7.89. The van der Waals surface area contributed by atoms with Gasteiger partial charge in [0.15, 0.2) is 11.6 Å². The Kier molecular flexibility index (Phi) is 5.16. The molecule has 1 N–H and O–H groups in total. The van der Waals surface area contributed by atoms with Crippen LogP contribution in [0.2, 0.25) is 0 Å². The normalized spacial score (nSPS) is 15.9. The van der Waals surface area contributed by atoms with Gasteiger partial charge in [-0.1, -0.05) is 5.16 Å². The fourth-order valence-electron chi connectivity index (χ4n) is 2.47. The van der Waals surface area contributed by atoms with Gasteiger partial charge in [0, 0.05) is 24.7 Å². The summed E-state index contributed by atoms with van der Waals surface area (Å²) in [6, 6.07) is 7.64. The molecule has 0 bridgehead atoms. The molecule has 2 heterocycles. The number of rotatable bonds is 6. The highest BCUT2D eigenvalue weighted by Crippen LogP contribution is 2.18. The number of hydrogen-bond acceptors (Lipinski definition) is 7. The number of sulfonamides is 1. The maximum Gasteiger partial charge on any atom is 0.243 e. The summed E-state index contributed by atoms with van der Waals surface area (Å²) in [5, 5.41) is 6.61. The van der Waals surface area contributed by atoms with E-state index in [0.29, 0.717) is 43.4 Å². The van der Waals surface area contributed by atoms with Gasteiger partial charge in [0.1, 0.15) is 5.76 Å². The first-order valence-corrected chi connectivity index (χ1v) is 9.29. The lowest BCUT2D eigenvalue weighted by molar-refractivity contribution is 0.0730. The SMILES string of the molecule is Cc1cc(NCC(=O)c2ccc(S(=O)(=O)N3CCOCC3)cc2)no1. The summed E-state index contributed by atoms with van der Waals surface area (Å²) < 4.78 is 36.5. The second-order valence-corrected chi connectivity index (χ2v) is 7.58. The molecule has 0 atom stereocenters. The number of aromatic nitrogens is 1. The lowest BCUT2D eigenvalue weighted by Gasteiger charge is -2.26. The third-order valence-electron chi connectivity index (χ3n) is 3.84. The number of ether oxygens (including phenoxy) is 1. The number of carbonyl (C=O) groups excluding carboxylic acids is 1. The van der Waals surface area contributed by atoms with Crippen LogP contribution >= 0.6 is 0 Å². The molecule has 1 aromatic heterocycles. The fourth-order valence-corrected chi connectivity index (χ4v) is 3.88. The van der Waals surface area contributed by atoms with E-state index in [9.17, 15) is 13.2 Å². The Hall–Kier alpha value is -2.23. The van der Waals surface area contributed by atoms with Crippen molar-refractivity contribution in [2.75, 3.05) is 38.2 Å². The number of ketones is 1. The number of hydrogen-bond donors (Lipinski definition) is 1. The first-order valence-electron chi connectivity index (χ1n) is 7.85. The van der Waals surface area contributed by atoms with Crippen molar-refractivity contribution in [3.05, 3.63) is 41.7 Å². The minimum absolute atomic E-state index is 0.0432. The Balaban J connectivity index is 1.65. The molecule has 3 rings (SSSR count). The summed E-state index contributed by atoms with van der Waals surface area (Å²) in [7, 11) is -3.55. The molecule has 0 saturated carbocycles. The van der Waals surface area contributed by atoms with Crippen molar-refractivity contribution in [1.82, 2.24) is 9.46 Å². The molecule has 0 aliphatic carbocycles. The van der Waals surface area contributed by atoms with E-state index in [-0.39, 0.29) is 17.2 Å². The van der Waals surface area contributed by atoms with E-state index in [4.69, 9.17) is 9.26 Å². The number of morpholine rings is 1. The standard InChI is InChI=1S/C16H19N3O5S/c1-12-10-16(18-24-12)17-11-15(20)13-2-4-14(5-3-13)25(21,22)19-6-8-23-9-7-19/h2-5,10H,6-9,11H2,1H3,(H,17,18). The van der Waals surface area contributed by atoms with Gasteiger partial charge in [0.05, 0.1) is 24.7 Å². The van der Waals surface area contributed by atoms with E-state index >= 15 is 0 Å². The first kappa shape index (κ1) is 17.6. The van der Waals surface area contributed by atoms with E-state index in [2.05, 4.69) is 10.5 Å².